The zero-order valence-corrected chi connectivity index (χ0v) is 16.8. The fourth-order valence-corrected chi connectivity index (χ4v) is 7.22. The number of aliphatic imine (C=N–C) groups is 1. The monoisotopic (exact) mass is 396 g/mol. The van der Waals surface area contributed by atoms with Crippen molar-refractivity contribution in [3.63, 3.8) is 0 Å². The number of thioether (sulfide) groups is 1. The molecule has 1 aromatic rings. The number of carbonyl (C=O) groups is 1. The maximum atomic E-state index is 12.2. The lowest BCUT2D eigenvalue weighted by atomic mass is 10.1. The van der Waals surface area contributed by atoms with Crippen LogP contribution >= 0.6 is 11.8 Å². The molecule has 2 aliphatic rings. The fraction of sp³-hybridized carbons (Fsp3) is 0.556. The maximum Gasteiger partial charge on any atom is 0.248 e. The first-order valence-electron chi connectivity index (χ1n) is 8.65. The van der Waals surface area contributed by atoms with Crippen LogP contribution in [0.5, 0.6) is 5.75 Å². The molecular formula is C18H24N2O4S2. The zero-order valence-electron chi connectivity index (χ0n) is 15.2. The molecule has 0 aromatic heterocycles. The summed E-state index contributed by atoms with van der Waals surface area (Å²) in [7, 11) is -1.42. The van der Waals surface area contributed by atoms with Crippen LogP contribution in [0.3, 0.4) is 0 Å². The van der Waals surface area contributed by atoms with E-state index in [1.165, 1.54) is 11.8 Å². The van der Waals surface area contributed by atoms with Crippen LogP contribution < -0.4 is 4.74 Å². The first-order valence-corrected chi connectivity index (χ1v) is 11.4. The Morgan fingerprint density at radius 1 is 1.31 bits per heavy atom. The lowest BCUT2D eigenvalue weighted by Gasteiger charge is -2.24. The fourth-order valence-electron chi connectivity index (χ4n) is 3.25. The maximum absolute atomic E-state index is 12.2. The number of sulfone groups is 1. The molecule has 2 atom stereocenters. The second-order valence-corrected chi connectivity index (χ2v) is 10.5. The van der Waals surface area contributed by atoms with Gasteiger partial charge in [-0.1, -0.05) is 37.7 Å². The predicted octanol–water partition coefficient (Wildman–Crippen LogP) is 2.34. The van der Waals surface area contributed by atoms with E-state index < -0.39 is 9.84 Å². The Kier molecular flexibility index (Phi) is 5.62. The van der Waals surface area contributed by atoms with Gasteiger partial charge in [0.1, 0.15) is 5.75 Å². The molecule has 2 unspecified atom stereocenters. The Hall–Kier alpha value is -1.54. The molecule has 2 aliphatic heterocycles. The Morgan fingerprint density at radius 3 is 2.62 bits per heavy atom. The largest absolute Gasteiger partial charge is 0.497 e. The molecule has 142 valence electrons. The highest BCUT2D eigenvalue weighted by Gasteiger charge is 2.48. The van der Waals surface area contributed by atoms with Gasteiger partial charge in [-0.15, -0.1) is 0 Å². The second-order valence-electron chi connectivity index (χ2n) is 7.16. The molecule has 1 aromatic carbocycles. The van der Waals surface area contributed by atoms with Gasteiger partial charge < -0.3 is 9.64 Å². The lowest BCUT2D eigenvalue weighted by Crippen LogP contribution is -2.37. The van der Waals surface area contributed by atoms with Crippen molar-refractivity contribution >= 4 is 32.7 Å². The molecular weight excluding hydrogens is 372 g/mol. The number of hydrogen-bond acceptors (Lipinski definition) is 5. The standard InChI is InChI=1S/C18H24N2O4S2/c1-12(2)8-17(21)19-18-20(9-13-4-6-14(24-3)7-5-13)15-10-26(22,23)11-16(15)25-18/h4-7,12,15-16H,8-11H2,1-3H3. The van der Waals surface area contributed by atoms with E-state index >= 15 is 0 Å². The van der Waals surface area contributed by atoms with E-state index in [0.29, 0.717) is 18.1 Å². The summed E-state index contributed by atoms with van der Waals surface area (Å²) in [5.74, 6) is 1.14. The van der Waals surface area contributed by atoms with Gasteiger partial charge in [0.2, 0.25) is 5.91 Å². The molecule has 0 saturated carbocycles. The first kappa shape index (κ1) is 19.2. The summed E-state index contributed by atoms with van der Waals surface area (Å²) in [6.07, 6.45) is 0.397. The lowest BCUT2D eigenvalue weighted by molar-refractivity contribution is -0.118. The van der Waals surface area contributed by atoms with Crippen LogP contribution in [0.1, 0.15) is 25.8 Å². The molecule has 2 saturated heterocycles. The quantitative estimate of drug-likeness (QED) is 0.760. The van der Waals surface area contributed by atoms with E-state index in [2.05, 4.69) is 4.99 Å². The van der Waals surface area contributed by atoms with Gasteiger partial charge in [-0.25, -0.2) is 8.42 Å². The highest BCUT2D eigenvalue weighted by molar-refractivity contribution is 8.15. The minimum atomic E-state index is -3.03. The molecule has 0 radical (unpaired) electrons. The van der Waals surface area contributed by atoms with Gasteiger partial charge in [0.25, 0.3) is 0 Å². The molecule has 0 N–H and O–H groups in total. The number of amidine groups is 1. The smallest absolute Gasteiger partial charge is 0.248 e. The van der Waals surface area contributed by atoms with Crippen molar-refractivity contribution in [1.29, 1.82) is 0 Å². The Bertz CT molecular complexity index is 803. The van der Waals surface area contributed by atoms with Crippen molar-refractivity contribution in [3.05, 3.63) is 29.8 Å². The third kappa shape index (κ3) is 4.40. The van der Waals surface area contributed by atoms with Crippen LogP contribution in [-0.2, 0) is 21.2 Å². The van der Waals surface area contributed by atoms with Crippen LogP contribution in [0.2, 0.25) is 0 Å². The third-order valence-electron chi connectivity index (χ3n) is 4.49. The van der Waals surface area contributed by atoms with E-state index in [1.54, 1.807) is 7.11 Å². The molecule has 8 heteroatoms. The van der Waals surface area contributed by atoms with Crippen molar-refractivity contribution in [2.75, 3.05) is 18.6 Å². The third-order valence-corrected chi connectivity index (χ3v) is 7.74. The van der Waals surface area contributed by atoms with Crippen LogP contribution in [-0.4, -0.2) is 54.3 Å². The minimum absolute atomic E-state index is 0.0520. The van der Waals surface area contributed by atoms with Crippen molar-refractivity contribution in [2.24, 2.45) is 10.9 Å². The van der Waals surface area contributed by atoms with Gasteiger partial charge in [-0.3, -0.25) is 4.79 Å². The van der Waals surface area contributed by atoms with Crippen molar-refractivity contribution < 1.29 is 17.9 Å². The average Bonchev–Trinajstić information content (AvgIpc) is 3.00. The Labute approximate surface area is 158 Å². The summed E-state index contributed by atoms with van der Waals surface area (Å²) in [5.41, 5.74) is 1.03. The molecule has 3 rings (SSSR count). The van der Waals surface area contributed by atoms with Gasteiger partial charge in [0.05, 0.1) is 24.7 Å². The highest BCUT2D eigenvalue weighted by atomic mass is 32.2. The molecule has 0 bridgehead atoms. The van der Waals surface area contributed by atoms with Crippen LogP contribution in [0, 0.1) is 5.92 Å². The number of methoxy groups -OCH3 is 1. The number of rotatable bonds is 5. The number of amides is 1. The Balaban J connectivity index is 1.84. The Morgan fingerprint density at radius 2 is 2.00 bits per heavy atom. The summed E-state index contributed by atoms with van der Waals surface area (Å²) in [6, 6.07) is 7.53. The average molecular weight is 397 g/mol. The topological polar surface area (TPSA) is 76.0 Å². The highest BCUT2D eigenvalue weighted by Crippen LogP contribution is 2.39. The van der Waals surface area contributed by atoms with E-state index in [9.17, 15) is 13.2 Å². The number of carbonyl (C=O) groups excluding carboxylic acids is 1. The predicted molar refractivity (Wildman–Crippen MR) is 104 cm³/mol. The summed E-state index contributed by atoms with van der Waals surface area (Å²) in [5, 5.41) is 0.597. The van der Waals surface area contributed by atoms with Crippen LogP contribution in [0.25, 0.3) is 0 Å². The molecule has 2 fully saturated rings. The van der Waals surface area contributed by atoms with Crippen molar-refractivity contribution in [3.8, 4) is 5.75 Å². The summed E-state index contributed by atoms with van der Waals surface area (Å²) in [4.78, 5) is 18.5. The van der Waals surface area contributed by atoms with E-state index in [0.717, 1.165) is 11.3 Å². The summed E-state index contributed by atoms with van der Waals surface area (Å²) in [6.45, 7) is 4.49. The van der Waals surface area contributed by atoms with Crippen LogP contribution in [0.15, 0.2) is 29.3 Å². The molecule has 0 spiro atoms. The van der Waals surface area contributed by atoms with Crippen molar-refractivity contribution in [1.82, 2.24) is 4.90 Å². The van der Waals surface area contributed by atoms with Gasteiger partial charge in [-0.2, -0.15) is 4.99 Å². The molecule has 0 aliphatic carbocycles. The molecule has 1 amide bonds. The number of nitrogens with zero attached hydrogens (tertiary/aromatic N) is 2. The number of hydrogen-bond donors (Lipinski definition) is 0. The van der Waals surface area contributed by atoms with Gasteiger partial charge in [0, 0.05) is 18.2 Å². The number of fused-ring (bicyclic) bond motifs is 1. The minimum Gasteiger partial charge on any atom is -0.497 e. The SMILES string of the molecule is COc1ccc(CN2C(=NC(=O)CC(C)C)SC3CS(=O)(=O)CC32)cc1. The van der Waals surface area contributed by atoms with E-state index in [4.69, 9.17) is 4.74 Å². The molecule has 26 heavy (non-hydrogen) atoms. The van der Waals surface area contributed by atoms with E-state index in [1.807, 2.05) is 43.0 Å². The first-order chi connectivity index (χ1) is 12.3. The number of benzene rings is 1. The summed E-state index contributed by atoms with van der Waals surface area (Å²) >= 11 is 1.43. The van der Waals surface area contributed by atoms with Crippen LogP contribution in [0.4, 0.5) is 0 Å². The number of ether oxygens (including phenoxy) is 1. The zero-order chi connectivity index (χ0) is 18.9. The summed E-state index contributed by atoms with van der Waals surface area (Å²) < 4.78 is 29.3. The van der Waals surface area contributed by atoms with Gasteiger partial charge >= 0.3 is 0 Å². The van der Waals surface area contributed by atoms with Gasteiger partial charge in [0.15, 0.2) is 15.0 Å². The second kappa shape index (κ2) is 7.60. The van der Waals surface area contributed by atoms with Crippen molar-refractivity contribution in [2.45, 2.75) is 38.1 Å². The van der Waals surface area contributed by atoms with E-state index in [-0.39, 0.29) is 34.6 Å². The molecule has 2 heterocycles. The van der Waals surface area contributed by atoms with Gasteiger partial charge in [-0.05, 0) is 23.6 Å². The normalized spacial score (nSPS) is 25.7. The molecule has 6 nitrogen and oxygen atoms in total.